The molecule has 2 aromatic carbocycles. The van der Waals surface area contributed by atoms with Gasteiger partial charge in [0.2, 0.25) is 0 Å². The van der Waals surface area contributed by atoms with Gasteiger partial charge in [0.1, 0.15) is 0 Å². The first-order chi connectivity index (χ1) is 13.0. The van der Waals surface area contributed by atoms with Crippen LogP contribution in [-0.4, -0.2) is 35.3 Å². The molecule has 0 spiro atoms. The van der Waals surface area contributed by atoms with Gasteiger partial charge in [-0.05, 0) is 68.2 Å². The zero-order valence-corrected chi connectivity index (χ0v) is 15.3. The van der Waals surface area contributed by atoms with E-state index in [9.17, 15) is 13.6 Å². The lowest BCUT2D eigenvalue weighted by Gasteiger charge is -2.18. The molecule has 0 aliphatic carbocycles. The van der Waals surface area contributed by atoms with E-state index < -0.39 is 17.4 Å². The number of halogens is 2. The van der Waals surface area contributed by atoms with Crippen LogP contribution in [0.4, 0.5) is 8.78 Å². The Balaban J connectivity index is 1.58. The van der Waals surface area contributed by atoms with Gasteiger partial charge in [0.05, 0.1) is 5.56 Å². The molecule has 0 radical (unpaired) electrons. The number of carbonyl (C=O) groups excluding carboxylic acids is 1. The van der Waals surface area contributed by atoms with Gasteiger partial charge in [-0.2, -0.15) is 0 Å². The van der Waals surface area contributed by atoms with Crippen LogP contribution in [-0.2, 0) is 12.8 Å². The van der Waals surface area contributed by atoms with E-state index in [4.69, 9.17) is 0 Å². The normalized spacial score (nSPS) is 17.7. The molecule has 5 heteroatoms. The average molecular weight is 368 g/mol. The summed E-state index contributed by atoms with van der Waals surface area (Å²) in [5.41, 5.74) is 2.86. The van der Waals surface area contributed by atoms with Crippen molar-refractivity contribution in [1.29, 1.82) is 0 Å². The molecule has 1 unspecified atom stereocenters. The van der Waals surface area contributed by atoms with Gasteiger partial charge in [0.15, 0.2) is 17.4 Å². The second-order valence-corrected chi connectivity index (χ2v) is 7.38. The number of rotatable bonds is 5. The monoisotopic (exact) mass is 368 g/mol. The Hall–Kier alpha value is -2.53. The van der Waals surface area contributed by atoms with Gasteiger partial charge in [-0.3, -0.25) is 4.79 Å². The number of hydrogen-bond donors (Lipinski definition) is 1. The number of ketones is 1. The van der Waals surface area contributed by atoms with Crippen molar-refractivity contribution >= 4 is 16.7 Å². The number of carbonyl (C=O) groups is 1. The summed E-state index contributed by atoms with van der Waals surface area (Å²) in [4.78, 5) is 18.1. The SMILES string of the molecule is CN1CCCC1Cc1c[nH]c2ccc(CC(=O)c3cccc(F)c3F)cc12. The van der Waals surface area contributed by atoms with E-state index >= 15 is 0 Å². The van der Waals surface area contributed by atoms with Gasteiger partial charge in [0.25, 0.3) is 0 Å². The second-order valence-electron chi connectivity index (χ2n) is 7.38. The maximum absolute atomic E-state index is 13.9. The predicted octanol–water partition coefficient (Wildman–Crippen LogP) is 4.51. The number of hydrogen-bond acceptors (Lipinski definition) is 2. The lowest BCUT2D eigenvalue weighted by Crippen LogP contribution is -2.26. The van der Waals surface area contributed by atoms with Crippen molar-refractivity contribution in [2.75, 3.05) is 13.6 Å². The standard InChI is InChI=1S/C22H22F2N2O/c1-26-9-3-4-16(26)12-15-13-25-20-8-7-14(10-18(15)20)11-21(27)17-5-2-6-19(23)22(17)24/h2,5-8,10,13,16,25H,3-4,9,11-12H2,1H3. The molecule has 1 fully saturated rings. The minimum absolute atomic E-state index is 0.0459. The van der Waals surface area contributed by atoms with Crippen molar-refractivity contribution in [2.45, 2.75) is 31.7 Å². The summed E-state index contributed by atoms with van der Waals surface area (Å²) in [6, 6.07) is 10.0. The van der Waals surface area contributed by atoms with Crippen molar-refractivity contribution in [3.63, 3.8) is 0 Å². The van der Waals surface area contributed by atoms with Gasteiger partial charge >= 0.3 is 0 Å². The zero-order valence-electron chi connectivity index (χ0n) is 15.3. The van der Waals surface area contributed by atoms with Crippen molar-refractivity contribution < 1.29 is 13.6 Å². The molecule has 140 valence electrons. The van der Waals surface area contributed by atoms with Crippen LogP contribution < -0.4 is 0 Å². The van der Waals surface area contributed by atoms with Gasteiger partial charge in [-0.1, -0.05) is 12.1 Å². The van der Waals surface area contributed by atoms with Gasteiger partial charge in [-0.15, -0.1) is 0 Å². The highest BCUT2D eigenvalue weighted by molar-refractivity contribution is 5.98. The fourth-order valence-corrected chi connectivity index (χ4v) is 4.00. The third kappa shape index (κ3) is 3.52. The van der Waals surface area contributed by atoms with E-state index in [0.29, 0.717) is 6.04 Å². The number of H-pyrrole nitrogens is 1. The molecule has 1 aliphatic heterocycles. The van der Waals surface area contributed by atoms with Crippen LogP contribution in [0, 0.1) is 11.6 Å². The van der Waals surface area contributed by atoms with Crippen LogP contribution in [0.5, 0.6) is 0 Å². The predicted molar refractivity (Wildman–Crippen MR) is 102 cm³/mol. The summed E-state index contributed by atoms with van der Waals surface area (Å²) >= 11 is 0. The minimum Gasteiger partial charge on any atom is -0.361 e. The van der Waals surface area contributed by atoms with E-state index in [2.05, 4.69) is 16.9 Å². The second kappa shape index (κ2) is 7.24. The van der Waals surface area contributed by atoms with E-state index in [0.717, 1.165) is 35.5 Å². The van der Waals surface area contributed by atoms with E-state index in [1.807, 2.05) is 24.4 Å². The number of aromatic amines is 1. The summed E-state index contributed by atoms with van der Waals surface area (Å²) in [5, 5.41) is 1.10. The summed E-state index contributed by atoms with van der Waals surface area (Å²) in [5.74, 6) is -2.49. The van der Waals surface area contributed by atoms with E-state index in [1.54, 1.807) is 0 Å². The number of Topliss-reactive ketones (excluding diaryl/α,β-unsaturated/α-hetero) is 1. The highest BCUT2D eigenvalue weighted by atomic mass is 19.2. The smallest absolute Gasteiger partial charge is 0.170 e. The van der Waals surface area contributed by atoms with Crippen LogP contribution in [0.3, 0.4) is 0 Å². The topological polar surface area (TPSA) is 36.1 Å². The number of likely N-dealkylation sites (tertiary alicyclic amines) is 1. The minimum atomic E-state index is -1.07. The molecule has 1 atom stereocenters. The first-order valence-electron chi connectivity index (χ1n) is 9.29. The number of aromatic nitrogens is 1. The van der Waals surface area contributed by atoms with Crippen molar-refractivity contribution in [3.05, 3.63) is 70.9 Å². The number of benzene rings is 2. The van der Waals surface area contributed by atoms with Crippen LogP contribution in [0.2, 0.25) is 0 Å². The molecule has 1 saturated heterocycles. The zero-order chi connectivity index (χ0) is 19.0. The van der Waals surface area contributed by atoms with E-state index in [1.165, 1.54) is 30.5 Å². The summed E-state index contributed by atoms with van der Waals surface area (Å²) in [7, 11) is 2.16. The number of nitrogens with one attached hydrogen (secondary N) is 1. The first-order valence-corrected chi connectivity index (χ1v) is 9.29. The molecule has 0 saturated carbocycles. The average Bonchev–Trinajstić information content (AvgIpc) is 3.24. The molecular weight excluding hydrogens is 346 g/mol. The van der Waals surface area contributed by atoms with Crippen LogP contribution in [0.25, 0.3) is 10.9 Å². The Bertz CT molecular complexity index is 995. The third-order valence-electron chi connectivity index (χ3n) is 5.58. The quantitative estimate of drug-likeness (QED) is 0.673. The lowest BCUT2D eigenvalue weighted by atomic mass is 9.98. The highest BCUT2D eigenvalue weighted by Crippen LogP contribution is 2.26. The molecule has 1 aromatic heterocycles. The third-order valence-corrected chi connectivity index (χ3v) is 5.58. The Morgan fingerprint density at radius 2 is 2.11 bits per heavy atom. The van der Waals surface area contributed by atoms with Gasteiger partial charge in [-0.25, -0.2) is 8.78 Å². The molecule has 27 heavy (non-hydrogen) atoms. The fourth-order valence-electron chi connectivity index (χ4n) is 4.00. The molecule has 1 N–H and O–H groups in total. The summed E-state index contributed by atoms with van der Waals surface area (Å²) in [6.07, 6.45) is 5.47. The highest BCUT2D eigenvalue weighted by Gasteiger charge is 2.22. The van der Waals surface area contributed by atoms with Gasteiger partial charge in [0, 0.05) is 29.6 Å². The van der Waals surface area contributed by atoms with Crippen molar-refractivity contribution in [2.24, 2.45) is 0 Å². The number of nitrogens with zero attached hydrogens (tertiary/aromatic N) is 1. The molecule has 2 heterocycles. The van der Waals surface area contributed by atoms with E-state index in [-0.39, 0.29) is 12.0 Å². The summed E-state index contributed by atoms with van der Waals surface area (Å²) < 4.78 is 27.3. The molecule has 3 nitrogen and oxygen atoms in total. The Morgan fingerprint density at radius 1 is 1.26 bits per heavy atom. The van der Waals surface area contributed by atoms with Crippen molar-refractivity contribution in [1.82, 2.24) is 9.88 Å². The lowest BCUT2D eigenvalue weighted by molar-refractivity contribution is 0.0988. The molecule has 3 aromatic rings. The Kier molecular flexibility index (Phi) is 4.79. The van der Waals surface area contributed by atoms with Gasteiger partial charge < -0.3 is 9.88 Å². The molecule has 4 rings (SSSR count). The fraction of sp³-hybridized carbons (Fsp3) is 0.318. The number of fused-ring (bicyclic) bond motifs is 1. The van der Waals surface area contributed by atoms with Crippen LogP contribution >= 0.6 is 0 Å². The largest absolute Gasteiger partial charge is 0.361 e. The molecule has 0 bridgehead atoms. The van der Waals surface area contributed by atoms with Crippen LogP contribution in [0.15, 0.2) is 42.6 Å². The first kappa shape index (κ1) is 17.9. The maximum atomic E-state index is 13.9. The van der Waals surface area contributed by atoms with Crippen LogP contribution in [0.1, 0.15) is 34.3 Å². The molecule has 1 aliphatic rings. The Morgan fingerprint density at radius 3 is 2.89 bits per heavy atom. The molecule has 0 amide bonds. The number of likely N-dealkylation sites (N-methyl/N-ethyl adjacent to an activating group) is 1. The Labute approximate surface area is 157 Å². The van der Waals surface area contributed by atoms with Crippen molar-refractivity contribution in [3.8, 4) is 0 Å². The molecular formula is C22H22F2N2O. The summed E-state index contributed by atoms with van der Waals surface area (Å²) in [6.45, 7) is 1.13. The maximum Gasteiger partial charge on any atom is 0.170 e.